The highest BCUT2D eigenvalue weighted by Gasteiger charge is 2.31. The summed E-state index contributed by atoms with van der Waals surface area (Å²) in [5.74, 6) is -2.41. The number of carboxylic acid groups (broad SMARTS) is 1. The van der Waals surface area contributed by atoms with Gasteiger partial charge >= 0.3 is 5.97 Å². The van der Waals surface area contributed by atoms with Crippen LogP contribution in [0.1, 0.15) is 49.2 Å². The summed E-state index contributed by atoms with van der Waals surface area (Å²) < 4.78 is 29.4. The van der Waals surface area contributed by atoms with Crippen molar-refractivity contribution in [2.45, 2.75) is 51.1 Å². The fourth-order valence-electron chi connectivity index (χ4n) is 4.91. The molecule has 0 radical (unpaired) electrons. The Morgan fingerprint density at radius 1 is 1.00 bits per heavy atom. The minimum atomic E-state index is -1.11. The van der Waals surface area contributed by atoms with E-state index in [0.29, 0.717) is 23.4 Å². The lowest BCUT2D eigenvalue weighted by atomic mass is 9.87. The molecule has 0 aliphatic heterocycles. The first-order valence-corrected chi connectivity index (χ1v) is 15.2. The number of nitrogens with zero attached hydrogens (tertiary/aromatic N) is 2. The first kappa shape index (κ1) is 31.7. The van der Waals surface area contributed by atoms with Gasteiger partial charge in [0, 0.05) is 35.4 Å². The number of benzene rings is 3. The van der Waals surface area contributed by atoms with Crippen molar-refractivity contribution in [1.82, 2.24) is 14.9 Å². The predicted octanol–water partition coefficient (Wildman–Crippen LogP) is 7.03. The molecule has 1 amide bonds. The van der Waals surface area contributed by atoms with E-state index >= 15 is 0 Å². The third-order valence-electron chi connectivity index (χ3n) is 7.29. The van der Waals surface area contributed by atoms with Crippen molar-refractivity contribution < 1.29 is 23.5 Å². The van der Waals surface area contributed by atoms with E-state index in [4.69, 9.17) is 0 Å². The molecule has 0 aliphatic rings. The molecule has 1 aromatic heterocycles. The Morgan fingerprint density at radius 2 is 1.65 bits per heavy atom. The molecule has 2 unspecified atom stereocenters. The van der Waals surface area contributed by atoms with Crippen LogP contribution in [0.2, 0.25) is 0 Å². The number of nitrogens with one attached hydrogen (secondary N) is 2. The van der Waals surface area contributed by atoms with Gasteiger partial charge in [0.2, 0.25) is 0 Å². The number of carboxylic acids is 1. The van der Waals surface area contributed by atoms with Crippen molar-refractivity contribution in [1.29, 1.82) is 0 Å². The monoisotopic (exact) mass is 606 g/mol. The number of carbonyl (C=O) groups excluding carboxylic acids is 1. The molecule has 0 aliphatic carbocycles. The van der Waals surface area contributed by atoms with Gasteiger partial charge in [-0.1, -0.05) is 45.0 Å². The van der Waals surface area contributed by atoms with E-state index in [-0.39, 0.29) is 34.5 Å². The number of amides is 1. The van der Waals surface area contributed by atoms with Crippen LogP contribution in [0.25, 0.3) is 11.1 Å². The highest BCUT2D eigenvalue weighted by molar-refractivity contribution is 7.99. The van der Waals surface area contributed by atoms with Crippen LogP contribution >= 0.6 is 11.8 Å². The third-order valence-corrected chi connectivity index (χ3v) is 8.76. The quantitative estimate of drug-likeness (QED) is 0.160. The highest BCUT2D eigenvalue weighted by atomic mass is 32.2. The number of imidazole rings is 1. The molecular formula is C33H36F2N4O3S. The average Bonchev–Trinajstić information content (AvgIpc) is 3.48. The number of carbonyl (C=O) groups is 2. The average molecular weight is 607 g/mol. The molecule has 0 saturated carbocycles. The van der Waals surface area contributed by atoms with E-state index < -0.39 is 23.7 Å². The number of aromatic nitrogens is 2. The number of rotatable bonds is 12. The molecule has 0 saturated heterocycles. The molecular weight excluding hydrogens is 570 g/mol. The van der Waals surface area contributed by atoms with Crippen LogP contribution < -0.4 is 10.6 Å². The van der Waals surface area contributed by atoms with E-state index in [9.17, 15) is 23.5 Å². The van der Waals surface area contributed by atoms with E-state index in [0.717, 1.165) is 5.56 Å². The van der Waals surface area contributed by atoms with Crippen LogP contribution in [0, 0.1) is 17.0 Å². The van der Waals surface area contributed by atoms with E-state index in [2.05, 4.69) is 15.6 Å². The molecule has 3 N–H and O–H groups in total. The van der Waals surface area contributed by atoms with Crippen molar-refractivity contribution in [3.63, 3.8) is 0 Å². The Hall–Kier alpha value is -4.18. The number of hydrogen-bond acceptors (Lipinski definition) is 5. The smallest absolute Gasteiger partial charge is 0.326 e. The number of hydrogen-bond donors (Lipinski definition) is 3. The summed E-state index contributed by atoms with van der Waals surface area (Å²) in [6.45, 7) is 6.61. The highest BCUT2D eigenvalue weighted by Crippen LogP contribution is 2.33. The maximum atomic E-state index is 13.8. The van der Waals surface area contributed by atoms with Crippen LogP contribution in [-0.2, 0) is 11.3 Å². The molecule has 10 heteroatoms. The molecule has 226 valence electrons. The topological polar surface area (TPSA) is 96.3 Å². The molecule has 0 bridgehead atoms. The molecule has 0 fully saturated rings. The summed E-state index contributed by atoms with van der Waals surface area (Å²) in [6.07, 6.45) is 7.38. The lowest BCUT2D eigenvalue weighted by Crippen LogP contribution is -2.44. The lowest BCUT2D eigenvalue weighted by Gasteiger charge is -2.31. The van der Waals surface area contributed by atoms with Crippen molar-refractivity contribution in [2.24, 2.45) is 5.41 Å². The van der Waals surface area contributed by atoms with Crippen molar-refractivity contribution in [3.05, 3.63) is 108 Å². The largest absolute Gasteiger partial charge is 0.480 e. The zero-order valence-electron chi connectivity index (χ0n) is 24.6. The zero-order valence-corrected chi connectivity index (χ0v) is 25.4. The number of anilines is 1. The molecule has 7 nitrogen and oxygen atoms in total. The van der Waals surface area contributed by atoms with E-state index in [1.165, 1.54) is 24.3 Å². The molecule has 3 aromatic carbocycles. The Bertz CT molecular complexity index is 1520. The van der Waals surface area contributed by atoms with E-state index in [1.54, 1.807) is 66.8 Å². The molecule has 43 heavy (non-hydrogen) atoms. The fraction of sp³-hybridized carbons (Fsp3) is 0.303. The number of halogens is 2. The SMILES string of the molecule is CSC(C[C@H](NC(=O)c1ccc(NC(Cn2ccnc2)c2ccc(F)cc2)cc1-c1ccc(F)cc1)C(=O)O)C(C)(C)C. The zero-order chi connectivity index (χ0) is 31.1. The van der Waals surface area contributed by atoms with Crippen LogP contribution in [0.5, 0.6) is 0 Å². The third kappa shape index (κ3) is 8.44. The van der Waals surface area contributed by atoms with Gasteiger partial charge in [-0.3, -0.25) is 4.79 Å². The summed E-state index contributed by atoms with van der Waals surface area (Å²) in [5.41, 5.74) is 2.69. The maximum absolute atomic E-state index is 13.8. The molecule has 1 heterocycles. The van der Waals surface area contributed by atoms with Crippen LogP contribution in [-0.4, -0.2) is 44.1 Å². The first-order valence-electron chi connectivity index (χ1n) is 13.9. The van der Waals surface area contributed by atoms with Crippen molar-refractivity contribution in [3.8, 4) is 11.1 Å². The van der Waals surface area contributed by atoms with Gasteiger partial charge in [0.15, 0.2) is 0 Å². The number of thioether (sulfide) groups is 1. The van der Waals surface area contributed by atoms with Gasteiger partial charge in [-0.15, -0.1) is 0 Å². The molecule has 4 aromatic rings. The minimum absolute atomic E-state index is 0.00376. The van der Waals surface area contributed by atoms with Gasteiger partial charge in [0.25, 0.3) is 5.91 Å². The summed E-state index contributed by atoms with van der Waals surface area (Å²) in [4.78, 5) is 29.9. The minimum Gasteiger partial charge on any atom is -0.480 e. The maximum Gasteiger partial charge on any atom is 0.326 e. The second kappa shape index (κ2) is 13.9. The van der Waals surface area contributed by atoms with Crippen molar-refractivity contribution >= 4 is 29.3 Å². The Labute approximate surface area is 254 Å². The van der Waals surface area contributed by atoms with Gasteiger partial charge in [-0.25, -0.2) is 18.6 Å². The fourth-order valence-corrected chi connectivity index (χ4v) is 6.00. The molecule has 4 rings (SSSR count). The van der Waals surface area contributed by atoms with Crippen LogP contribution in [0.3, 0.4) is 0 Å². The van der Waals surface area contributed by atoms with Gasteiger partial charge < -0.3 is 20.3 Å². The van der Waals surface area contributed by atoms with Crippen molar-refractivity contribution in [2.75, 3.05) is 11.6 Å². The second-order valence-electron chi connectivity index (χ2n) is 11.5. The summed E-state index contributed by atoms with van der Waals surface area (Å²) in [5, 5.41) is 16.2. The van der Waals surface area contributed by atoms with E-state index in [1.807, 2.05) is 37.8 Å². The molecule has 0 spiro atoms. The van der Waals surface area contributed by atoms with Gasteiger partial charge in [0.1, 0.15) is 17.7 Å². The Morgan fingerprint density at radius 3 is 2.21 bits per heavy atom. The first-order chi connectivity index (χ1) is 20.4. The standard InChI is InChI=1S/C33H36F2N4O3S/c1-33(2,3)30(43-4)18-28(32(41)42)38-31(40)26-14-13-25(17-27(26)21-5-9-23(34)10-6-21)37-29(19-39-16-15-36-20-39)22-7-11-24(35)12-8-22/h5-17,20,28-30,37H,18-19H2,1-4H3,(H,38,40)(H,41,42)/t28-,29?,30?/m0/s1. The van der Waals surface area contributed by atoms with Gasteiger partial charge in [-0.05, 0) is 77.2 Å². The number of aliphatic carboxylic acids is 1. The normalized spacial score (nSPS) is 13.6. The summed E-state index contributed by atoms with van der Waals surface area (Å²) >= 11 is 1.57. The summed E-state index contributed by atoms with van der Waals surface area (Å²) in [6, 6.07) is 15.7. The molecule has 3 atom stereocenters. The summed E-state index contributed by atoms with van der Waals surface area (Å²) in [7, 11) is 0. The Balaban J connectivity index is 1.68. The predicted molar refractivity (Wildman–Crippen MR) is 167 cm³/mol. The van der Waals surface area contributed by atoms with Gasteiger partial charge in [-0.2, -0.15) is 11.8 Å². The van der Waals surface area contributed by atoms with Crippen LogP contribution in [0.15, 0.2) is 85.5 Å². The lowest BCUT2D eigenvalue weighted by molar-refractivity contribution is -0.139. The van der Waals surface area contributed by atoms with Crippen LogP contribution in [0.4, 0.5) is 14.5 Å². The van der Waals surface area contributed by atoms with Gasteiger partial charge in [0.05, 0.1) is 12.4 Å². The second-order valence-corrected chi connectivity index (χ2v) is 12.5. The Kier molecular flexibility index (Phi) is 10.2.